The van der Waals surface area contributed by atoms with Crippen molar-refractivity contribution in [2.24, 2.45) is 7.05 Å². The number of carbonyl (C=O) groups is 1. The zero-order valence-electron chi connectivity index (χ0n) is 8.97. The van der Waals surface area contributed by atoms with Crippen LogP contribution in [-0.2, 0) is 18.4 Å². The average molecular weight is 212 g/mol. The number of carboxylic acids is 1. The predicted octanol–water partition coefficient (Wildman–Crippen LogP) is 0.158. The number of hydrogen-bond donors (Lipinski definition) is 2. The lowest BCUT2D eigenvalue weighted by molar-refractivity contribution is -0.139. The Morgan fingerprint density at radius 3 is 2.93 bits per heavy atom. The largest absolute Gasteiger partial charge is 0.480 e. The molecule has 0 amide bonds. The van der Waals surface area contributed by atoms with Gasteiger partial charge in [0.25, 0.3) is 0 Å². The molecule has 1 aromatic heterocycles. The van der Waals surface area contributed by atoms with Gasteiger partial charge in [-0.1, -0.05) is 13.3 Å². The monoisotopic (exact) mass is 212 g/mol. The number of rotatable bonds is 6. The van der Waals surface area contributed by atoms with Crippen LogP contribution in [-0.4, -0.2) is 31.9 Å². The van der Waals surface area contributed by atoms with Crippen LogP contribution in [0.3, 0.4) is 0 Å². The van der Waals surface area contributed by atoms with Crippen molar-refractivity contribution in [1.82, 2.24) is 20.1 Å². The van der Waals surface area contributed by atoms with Crippen molar-refractivity contribution in [3.8, 4) is 0 Å². The first-order chi connectivity index (χ1) is 7.15. The maximum Gasteiger partial charge on any atom is 0.320 e. The van der Waals surface area contributed by atoms with Crippen molar-refractivity contribution >= 4 is 5.97 Å². The Morgan fingerprint density at radius 1 is 1.73 bits per heavy atom. The van der Waals surface area contributed by atoms with E-state index in [1.165, 1.54) is 6.33 Å². The van der Waals surface area contributed by atoms with Gasteiger partial charge in [0.15, 0.2) is 0 Å². The minimum atomic E-state index is -0.820. The van der Waals surface area contributed by atoms with Crippen molar-refractivity contribution in [3.05, 3.63) is 12.2 Å². The summed E-state index contributed by atoms with van der Waals surface area (Å²) >= 11 is 0. The number of aliphatic carboxylic acids is 1. The van der Waals surface area contributed by atoms with E-state index in [4.69, 9.17) is 5.11 Å². The summed E-state index contributed by atoms with van der Waals surface area (Å²) in [5.74, 6) is -0.0867. The highest BCUT2D eigenvalue weighted by atomic mass is 16.4. The maximum absolute atomic E-state index is 10.8. The second-order valence-electron chi connectivity index (χ2n) is 3.36. The Bertz CT molecular complexity index is 324. The third kappa shape index (κ3) is 3.32. The third-order valence-corrected chi connectivity index (χ3v) is 2.19. The molecule has 0 aliphatic heterocycles. The number of aryl methyl sites for hydroxylation is 1. The van der Waals surface area contributed by atoms with E-state index in [1.807, 2.05) is 6.92 Å². The second-order valence-corrected chi connectivity index (χ2v) is 3.36. The lowest BCUT2D eigenvalue weighted by atomic mass is 10.2. The van der Waals surface area contributed by atoms with Crippen molar-refractivity contribution < 1.29 is 9.90 Å². The molecule has 2 N–H and O–H groups in total. The predicted molar refractivity (Wildman–Crippen MR) is 54.2 cm³/mol. The molecule has 1 rings (SSSR count). The van der Waals surface area contributed by atoms with Crippen LogP contribution in [0.5, 0.6) is 0 Å². The summed E-state index contributed by atoms with van der Waals surface area (Å²) in [7, 11) is 1.78. The molecule has 1 unspecified atom stereocenters. The number of nitrogens with one attached hydrogen (secondary N) is 1. The smallest absolute Gasteiger partial charge is 0.320 e. The quantitative estimate of drug-likeness (QED) is 0.702. The number of carboxylic acid groups (broad SMARTS) is 1. The van der Waals surface area contributed by atoms with Crippen LogP contribution in [0.25, 0.3) is 0 Å². The molecule has 6 heteroatoms. The van der Waals surface area contributed by atoms with Crippen LogP contribution >= 0.6 is 0 Å². The lowest BCUT2D eigenvalue weighted by Gasteiger charge is -2.12. The van der Waals surface area contributed by atoms with Crippen LogP contribution in [0.2, 0.25) is 0 Å². The molecule has 0 fully saturated rings. The molecule has 1 atom stereocenters. The summed E-state index contributed by atoms with van der Waals surface area (Å²) in [5, 5.41) is 15.7. The fraction of sp³-hybridized carbons (Fsp3) is 0.667. The number of nitrogens with zero attached hydrogens (tertiary/aromatic N) is 3. The SMILES string of the molecule is CCCC(NCc1ncnn1C)C(=O)O. The van der Waals surface area contributed by atoms with E-state index in [0.717, 1.165) is 12.2 Å². The molecular weight excluding hydrogens is 196 g/mol. The Hall–Kier alpha value is -1.43. The first-order valence-electron chi connectivity index (χ1n) is 4.94. The molecular formula is C9H16N4O2. The minimum absolute atomic E-state index is 0.424. The van der Waals surface area contributed by atoms with Crippen LogP contribution in [0.1, 0.15) is 25.6 Å². The Morgan fingerprint density at radius 2 is 2.47 bits per heavy atom. The molecule has 0 saturated heterocycles. The Labute approximate surface area is 88.3 Å². The van der Waals surface area contributed by atoms with E-state index < -0.39 is 12.0 Å². The van der Waals surface area contributed by atoms with Crippen LogP contribution in [0.15, 0.2) is 6.33 Å². The molecule has 84 valence electrons. The van der Waals surface area contributed by atoms with Crippen molar-refractivity contribution in [1.29, 1.82) is 0 Å². The van der Waals surface area contributed by atoms with Crippen molar-refractivity contribution in [2.75, 3.05) is 0 Å². The Balaban J connectivity index is 2.47. The standard InChI is InChI=1S/C9H16N4O2/c1-3-4-7(9(14)15)10-5-8-11-6-12-13(8)2/h6-7,10H,3-5H2,1-2H3,(H,14,15). The lowest BCUT2D eigenvalue weighted by Crippen LogP contribution is -2.36. The van der Waals surface area contributed by atoms with E-state index in [-0.39, 0.29) is 0 Å². The first kappa shape index (κ1) is 11.6. The highest BCUT2D eigenvalue weighted by Crippen LogP contribution is 1.99. The fourth-order valence-corrected chi connectivity index (χ4v) is 1.30. The van der Waals surface area contributed by atoms with Crippen molar-refractivity contribution in [3.63, 3.8) is 0 Å². The number of aromatic nitrogens is 3. The van der Waals surface area contributed by atoms with Gasteiger partial charge in [-0.05, 0) is 6.42 Å². The van der Waals surface area contributed by atoms with Gasteiger partial charge in [-0.2, -0.15) is 5.10 Å². The van der Waals surface area contributed by atoms with Gasteiger partial charge in [0.2, 0.25) is 0 Å². The van der Waals surface area contributed by atoms with Crippen LogP contribution in [0, 0.1) is 0 Å². The van der Waals surface area contributed by atoms with Gasteiger partial charge in [-0.3, -0.25) is 14.8 Å². The van der Waals surface area contributed by atoms with Gasteiger partial charge in [-0.15, -0.1) is 0 Å². The van der Waals surface area contributed by atoms with Gasteiger partial charge in [-0.25, -0.2) is 4.98 Å². The van der Waals surface area contributed by atoms with E-state index >= 15 is 0 Å². The maximum atomic E-state index is 10.8. The molecule has 6 nitrogen and oxygen atoms in total. The fourth-order valence-electron chi connectivity index (χ4n) is 1.30. The molecule has 1 heterocycles. The summed E-state index contributed by atoms with van der Waals surface area (Å²) in [5.41, 5.74) is 0. The van der Waals surface area contributed by atoms with Gasteiger partial charge in [0, 0.05) is 7.05 Å². The summed E-state index contributed by atoms with van der Waals surface area (Å²) in [4.78, 5) is 14.8. The molecule has 1 aromatic rings. The van der Waals surface area contributed by atoms with Crippen LogP contribution < -0.4 is 5.32 Å². The molecule has 15 heavy (non-hydrogen) atoms. The number of hydrogen-bond acceptors (Lipinski definition) is 4. The van der Waals surface area contributed by atoms with E-state index in [0.29, 0.717) is 13.0 Å². The van der Waals surface area contributed by atoms with Gasteiger partial charge >= 0.3 is 5.97 Å². The summed E-state index contributed by atoms with van der Waals surface area (Å²) in [6, 6.07) is -0.508. The molecule has 0 spiro atoms. The van der Waals surface area contributed by atoms with Gasteiger partial charge in [0.05, 0.1) is 6.54 Å². The molecule has 0 saturated carbocycles. The molecule has 0 aliphatic carbocycles. The van der Waals surface area contributed by atoms with E-state index in [9.17, 15) is 4.79 Å². The zero-order valence-corrected chi connectivity index (χ0v) is 8.97. The first-order valence-corrected chi connectivity index (χ1v) is 4.94. The molecule has 0 bridgehead atoms. The highest BCUT2D eigenvalue weighted by Gasteiger charge is 2.15. The molecule has 0 aliphatic rings. The second kappa shape index (κ2) is 5.45. The van der Waals surface area contributed by atoms with Gasteiger partial charge in [0.1, 0.15) is 18.2 Å². The van der Waals surface area contributed by atoms with E-state index in [2.05, 4.69) is 15.4 Å². The topological polar surface area (TPSA) is 80.0 Å². The average Bonchev–Trinajstić information content (AvgIpc) is 2.58. The molecule has 0 aromatic carbocycles. The van der Waals surface area contributed by atoms with Gasteiger partial charge < -0.3 is 5.11 Å². The van der Waals surface area contributed by atoms with E-state index in [1.54, 1.807) is 11.7 Å². The minimum Gasteiger partial charge on any atom is -0.480 e. The molecule has 0 radical (unpaired) electrons. The highest BCUT2D eigenvalue weighted by molar-refractivity contribution is 5.73. The normalized spacial score (nSPS) is 12.7. The summed E-state index contributed by atoms with van der Waals surface area (Å²) < 4.78 is 1.62. The summed E-state index contributed by atoms with van der Waals surface area (Å²) in [6.07, 6.45) is 2.91. The third-order valence-electron chi connectivity index (χ3n) is 2.19. The van der Waals surface area contributed by atoms with Crippen LogP contribution in [0.4, 0.5) is 0 Å². The zero-order chi connectivity index (χ0) is 11.3. The summed E-state index contributed by atoms with van der Waals surface area (Å²) in [6.45, 7) is 2.38. The van der Waals surface area contributed by atoms with Crippen molar-refractivity contribution in [2.45, 2.75) is 32.4 Å². The Kier molecular flexibility index (Phi) is 4.23.